The second-order valence-corrected chi connectivity index (χ2v) is 13.0. The van der Waals surface area contributed by atoms with Crippen molar-refractivity contribution in [3.05, 3.63) is 213 Å². The maximum absolute atomic E-state index is 9.48. The smallest absolute Gasteiger partial charge is 0.187 e. The second-order valence-electron chi connectivity index (χ2n) is 13.0. The average Bonchev–Trinajstić information content (AvgIpc) is 3.42. The van der Waals surface area contributed by atoms with Crippen LogP contribution in [0.3, 0.4) is 0 Å². The molecular formula is C48H27N3. The van der Waals surface area contributed by atoms with Crippen molar-refractivity contribution in [2.45, 2.75) is 5.41 Å². The van der Waals surface area contributed by atoms with E-state index in [2.05, 4.69) is 119 Å². The van der Waals surface area contributed by atoms with Gasteiger partial charge in [0.2, 0.25) is 0 Å². The molecular weight excluding hydrogens is 619 g/mol. The molecule has 0 radical (unpaired) electrons. The Labute approximate surface area is 297 Å². The number of hydrogen-bond donors (Lipinski definition) is 0. The topological polar surface area (TPSA) is 32.5 Å². The summed E-state index contributed by atoms with van der Waals surface area (Å²) in [6, 6.07) is 54.8. The van der Waals surface area contributed by atoms with Crippen molar-refractivity contribution < 1.29 is 0 Å². The van der Waals surface area contributed by atoms with Gasteiger partial charge in [0.1, 0.15) is 0 Å². The van der Waals surface area contributed by atoms with Crippen LogP contribution in [0, 0.1) is 24.5 Å². The quantitative estimate of drug-likeness (QED) is 0.176. The highest BCUT2D eigenvalue weighted by Crippen LogP contribution is 2.61. The largest absolute Gasteiger partial charge is 0.238 e. The molecule has 51 heavy (non-hydrogen) atoms. The maximum atomic E-state index is 9.48. The Kier molecular flexibility index (Phi) is 6.86. The van der Waals surface area contributed by atoms with E-state index in [0.29, 0.717) is 16.9 Å². The lowest BCUT2D eigenvalue weighted by atomic mass is 9.65. The van der Waals surface area contributed by atoms with Crippen LogP contribution < -0.4 is 0 Å². The molecule has 0 aromatic heterocycles. The molecule has 2 aliphatic carbocycles. The fraction of sp³-hybridized carbons (Fsp3) is 0.0208. The van der Waals surface area contributed by atoms with Gasteiger partial charge in [-0.1, -0.05) is 140 Å². The zero-order valence-electron chi connectivity index (χ0n) is 27.4. The Morgan fingerprint density at radius 3 is 1.51 bits per heavy atom. The molecule has 0 amide bonds. The van der Waals surface area contributed by atoms with Crippen molar-refractivity contribution >= 4 is 23.5 Å². The Hall–Kier alpha value is -7.25. The Bertz CT molecular complexity index is 2580. The summed E-state index contributed by atoms with van der Waals surface area (Å²) in [5.41, 5.74) is 17.1. The zero-order chi connectivity index (χ0) is 34.5. The molecule has 0 aliphatic heterocycles. The van der Waals surface area contributed by atoms with Crippen LogP contribution in [0.2, 0.25) is 0 Å². The van der Waals surface area contributed by atoms with Gasteiger partial charge in [0.15, 0.2) is 11.4 Å². The Morgan fingerprint density at radius 1 is 0.451 bits per heavy atom. The van der Waals surface area contributed by atoms with Gasteiger partial charge in [-0.25, -0.2) is 9.69 Å². The van der Waals surface area contributed by atoms with E-state index in [1.807, 2.05) is 60.7 Å². The highest BCUT2D eigenvalue weighted by atomic mass is 14.6. The van der Waals surface area contributed by atoms with E-state index in [9.17, 15) is 5.26 Å². The molecule has 0 N–H and O–H groups in total. The summed E-state index contributed by atoms with van der Waals surface area (Å²) in [5.74, 6) is 0. The molecule has 3 heteroatoms. The van der Waals surface area contributed by atoms with E-state index in [1.54, 1.807) is 0 Å². The lowest BCUT2D eigenvalue weighted by molar-refractivity contribution is 0.767. The fourth-order valence-corrected chi connectivity index (χ4v) is 8.07. The maximum Gasteiger partial charge on any atom is 0.187 e. The Morgan fingerprint density at radius 2 is 0.941 bits per heavy atom. The Balaban J connectivity index is 1.39. The van der Waals surface area contributed by atoms with E-state index >= 15 is 0 Å². The lowest BCUT2D eigenvalue weighted by Crippen LogP contribution is -2.30. The summed E-state index contributed by atoms with van der Waals surface area (Å²) in [5, 5.41) is 9.48. The van der Waals surface area contributed by atoms with Crippen LogP contribution >= 0.6 is 0 Å². The van der Waals surface area contributed by atoms with Crippen LogP contribution in [0.15, 0.2) is 152 Å². The van der Waals surface area contributed by atoms with E-state index in [4.69, 9.17) is 13.1 Å². The van der Waals surface area contributed by atoms with E-state index < -0.39 is 5.41 Å². The first-order valence-corrected chi connectivity index (χ1v) is 16.8. The molecule has 7 aromatic carbocycles. The molecule has 0 saturated carbocycles. The number of nitrogens with zero attached hydrogens (tertiary/aromatic N) is 3. The van der Waals surface area contributed by atoms with Crippen molar-refractivity contribution in [3.8, 4) is 50.6 Å². The van der Waals surface area contributed by atoms with Crippen LogP contribution in [0.1, 0.15) is 38.9 Å². The molecule has 3 nitrogen and oxygen atoms in total. The average molecular weight is 646 g/mol. The molecule has 0 fully saturated rings. The second kappa shape index (κ2) is 11.7. The number of hydrogen-bond acceptors (Lipinski definition) is 1. The van der Waals surface area contributed by atoms with Gasteiger partial charge >= 0.3 is 0 Å². The van der Waals surface area contributed by atoms with E-state index in [1.165, 1.54) is 33.4 Å². The first-order valence-electron chi connectivity index (χ1n) is 16.8. The minimum Gasteiger partial charge on any atom is -0.238 e. The fourth-order valence-electron chi connectivity index (χ4n) is 8.07. The van der Waals surface area contributed by atoms with Crippen LogP contribution in [-0.2, 0) is 5.41 Å². The number of benzene rings is 7. The minimum atomic E-state index is -0.679. The molecule has 234 valence electrons. The third-order valence-electron chi connectivity index (χ3n) is 10.4. The third-order valence-corrected chi connectivity index (χ3v) is 10.4. The molecule has 0 bridgehead atoms. The molecule has 1 atom stereocenters. The van der Waals surface area contributed by atoms with Crippen LogP contribution in [-0.4, -0.2) is 0 Å². The van der Waals surface area contributed by atoms with Gasteiger partial charge in [-0.05, 0) is 102 Å². The standard InChI is InChI=1S/C48H27N3/c1-50-39-24-20-33(21-25-39)38-19-17-36-15-14-35-16-18-37(32-12-10-31(30-49)11-13-32)28-45(35)48(46(36)29-38)43-8-4-3-6-42(43)47-41(7-5-9-44(47)48)34-22-26-40(51-2)27-23-34/h3-29H. The molecule has 0 saturated heterocycles. The minimum absolute atomic E-state index is 0.618. The van der Waals surface area contributed by atoms with Gasteiger partial charge in [-0.15, -0.1) is 0 Å². The lowest BCUT2D eigenvalue weighted by Gasteiger charge is -2.36. The summed E-state index contributed by atoms with van der Waals surface area (Å²) in [4.78, 5) is 7.26. The summed E-state index contributed by atoms with van der Waals surface area (Å²) < 4.78 is 0. The van der Waals surface area contributed by atoms with Crippen LogP contribution in [0.5, 0.6) is 0 Å². The summed E-state index contributed by atoms with van der Waals surface area (Å²) in [6.45, 7) is 15.0. The predicted octanol–water partition coefficient (Wildman–Crippen LogP) is 12.5. The molecule has 9 rings (SSSR count). The van der Waals surface area contributed by atoms with Crippen molar-refractivity contribution in [1.82, 2.24) is 0 Å². The van der Waals surface area contributed by atoms with Gasteiger partial charge in [-0.2, -0.15) is 5.26 Å². The molecule has 0 heterocycles. The highest BCUT2D eigenvalue weighted by molar-refractivity contribution is 5.98. The van der Waals surface area contributed by atoms with Gasteiger partial charge in [0.05, 0.1) is 30.2 Å². The summed E-state index contributed by atoms with van der Waals surface area (Å²) >= 11 is 0. The van der Waals surface area contributed by atoms with Crippen molar-refractivity contribution in [3.63, 3.8) is 0 Å². The third kappa shape index (κ3) is 4.56. The monoisotopic (exact) mass is 645 g/mol. The summed E-state index contributed by atoms with van der Waals surface area (Å²) in [6.07, 6.45) is 4.48. The number of fused-ring (bicyclic) bond motifs is 9. The van der Waals surface area contributed by atoms with Crippen molar-refractivity contribution in [2.75, 3.05) is 0 Å². The van der Waals surface area contributed by atoms with Gasteiger partial charge in [-0.3, -0.25) is 0 Å². The van der Waals surface area contributed by atoms with Crippen molar-refractivity contribution in [2.24, 2.45) is 0 Å². The molecule has 1 unspecified atom stereocenters. The number of rotatable bonds is 3. The molecule has 7 aromatic rings. The first kappa shape index (κ1) is 29.9. The van der Waals surface area contributed by atoms with Gasteiger partial charge in [0, 0.05) is 0 Å². The summed E-state index contributed by atoms with van der Waals surface area (Å²) in [7, 11) is 0. The van der Waals surface area contributed by atoms with Crippen molar-refractivity contribution in [1.29, 1.82) is 5.26 Å². The van der Waals surface area contributed by atoms with E-state index in [0.717, 1.165) is 44.5 Å². The van der Waals surface area contributed by atoms with Gasteiger partial charge < -0.3 is 0 Å². The molecule has 1 spiro atoms. The first-order chi connectivity index (χ1) is 25.1. The number of nitriles is 1. The van der Waals surface area contributed by atoms with E-state index in [-0.39, 0.29) is 0 Å². The normalized spacial score (nSPS) is 14.6. The predicted molar refractivity (Wildman–Crippen MR) is 206 cm³/mol. The van der Waals surface area contributed by atoms with Gasteiger partial charge in [0.25, 0.3) is 0 Å². The SMILES string of the molecule is [C-]#[N+]c1ccc(-c2ccc3c(c2)C2(c4cc(-c5ccc(C#N)cc5)ccc4C=C3)c3ccccc3-c3c(-c4ccc([N+]#[C-])cc4)cccc32)cc1. The van der Waals surface area contributed by atoms with Crippen LogP contribution in [0.25, 0.3) is 66.3 Å². The van der Waals surface area contributed by atoms with Crippen LogP contribution in [0.4, 0.5) is 11.4 Å². The highest BCUT2D eigenvalue weighted by Gasteiger charge is 2.49. The zero-order valence-corrected chi connectivity index (χ0v) is 27.4. The molecule has 2 aliphatic rings.